The molecule has 0 saturated carbocycles. The van der Waals surface area contributed by atoms with Crippen LogP contribution in [0.15, 0.2) is 53.7 Å². The van der Waals surface area contributed by atoms with Crippen LogP contribution in [0.3, 0.4) is 0 Å². The van der Waals surface area contributed by atoms with E-state index in [1.54, 1.807) is 18.2 Å². The lowest BCUT2D eigenvalue weighted by molar-refractivity contribution is 0.337. The van der Waals surface area contributed by atoms with Crippen molar-refractivity contribution >= 4 is 11.8 Å². The number of para-hydroxylation sites is 1. The predicted octanol–water partition coefficient (Wildman–Crippen LogP) is 3.49. The van der Waals surface area contributed by atoms with Crippen molar-refractivity contribution in [2.75, 3.05) is 12.4 Å². The average Bonchev–Trinajstić information content (AvgIpc) is 2.95. The largest absolute Gasteiger partial charge is 0.494 e. The van der Waals surface area contributed by atoms with Gasteiger partial charge in [-0.1, -0.05) is 42.1 Å². The maximum absolute atomic E-state index is 13.9. The molecule has 1 heterocycles. The molecule has 0 atom stereocenters. The van der Waals surface area contributed by atoms with Crippen molar-refractivity contribution in [3.8, 4) is 17.1 Å². The fraction of sp³-hybridized carbons (Fsp3) is 0.176. The van der Waals surface area contributed by atoms with Gasteiger partial charge in [-0.3, -0.25) is 0 Å². The number of rotatable bonds is 6. The summed E-state index contributed by atoms with van der Waals surface area (Å²) in [7, 11) is 0. The van der Waals surface area contributed by atoms with Crippen molar-refractivity contribution in [2.45, 2.75) is 17.8 Å². The molecule has 0 aliphatic rings. The first kappa shape index (κ1) is 16.3. The number of thioether (sulfide) groups is 1. The molecule has 0 aliphatic heterocycles. The van der Waals surface area contributed by atoms with Crippen molar-refractivity contribution < 1.29 is 9.13 Å². The zero-order valence-electron chi connectivity index (χ0n) is 13.1. The molecule has 3 aromatic rings. The number of aromatic nitrogens is 3. The first-order valence-corrected chi connectivity index (χ1v) is 8.48. The Morgan fingerprint density at radius 1 is 1.12 bits per heavy atom. The standard InChI is InChI=1S/C17H17FN4OS/c1-2-23-15-10-6-3-7-12(15)11-24-17-21-20-16(22(17)19)13-8-4-5-9-14(13)18/h3-10H,2,11,19H2,1H3. The summed E-state index contributed by atoms with van der Waals surface area (Å²) < 4.78 is 20.8. The predicted molar refractivity (Wildman–Crippen MR) is 92.7 cm³/mol. The molecule has 2 aromatic carbocycles. The van der Waals surface area contributed by atoms with Crippen molar-refractivity contribution in [1.82, 2.24) is 14.9 Å². The van der Waals surface area contributed by atoms with E-state index in [1.807, 2.05) is 31.2 Å². The summed E-state index contributed by atoms with van der Waals surface area (Å²) in [6, 6.07) is 14.2. The maximum atomic E-state index is 13.9. The number of benzene rings is 2. The Kier molecular flexibility index (Phi) is 5.00. The molecule has 0 saturated heterocycles. The highest BCUT2D eigenvalue weighted by atomic mass is 32.2. The second-order valence-corrected chi connectivity index (χ2v) is 5.93. The molecule has 0 aliphatic carbocycles. The molecular formula is C17H17FN4OS. The molecule has 0 unspecified atom stereocenters. The van der Waals surface area contributed by atoms with Crippen LogP contribution in [0.2, 0.25) is 0 Å². The van der Waals surface area contributed by atoms with Crippen molar-refractivity contribution in [2.24, 2.45) is 0 Å². The van der Waals surface area contributed by atoms with Gasteiger partial charge in [0.25, 0.3) is 0 Å². The van der Waals surface area contributed by atoms with E-state index in [1.165, 1.54) is 22.5 Å². The Balaban J connectivity index is 1.79. The maximum Gasteiger partial charge on any atom is 0.210 e. The molecule has 2 N–H and O–H groups in total. The van der Waals surface area contributed by atoms with Crippen molar-refractivity contribution in [3.05, 3.63) is 59.9 Å². The summed E-state index contributed by atoms with van der Waals surface area (Å²) >= 11 is 1.42. The molecule has 0 amide bonds. The van der Waals surface area contributed by atoms with E-state index in [-0.39, 0.29) is 5.82 Å². The van der Waals surface area contributed by atoms with Gasteiger partial charge in [-0.15, -0.1) is 10.2 Å². The molecule has 0 spiro atoms. The first-order valence-electron chi connectivity index (χ1n) is 7.49. The second kappa shape index (κ2) is 7.35. The molecule has 7 heteroatoms. The Hall–Kier alpha value is -2.54. The quantitative estimate of drug-likeness (QED) is 0.548. The number of nitrogens with two attached hydrogens (primary N) is 1. The molecular weight excluding hydrogens is 327 g/mol. The minimum Gasteiger partial charge on any atom is -0.494 e. The van der Waals surface area contributed by atoms with Gasteiger partial charge < -0.3 is 10.6 Å². The van der Waals surface area contributed by atoms with Crippen LogP contribution in [0.25, 0.3) is 11.4 Å². The third kappa shape index (κ3) is 3.35. The van der Waals surface area contributed by atoms with E-state index in [0.29, 0.717) is 28.9 Å². The highest BCUT2D eigenvalue weighted by molar-refractivity contribution is 7.98. The van der Waals surface area contributed by atoms with Gasteiger partial charge in [0.2, 0.25) is 5.16 Å². The monoisotopic (exact) mass is 344 g/mol. The van der Waals surface area contributed by atoms with E-state index < -0.39 is 0 Å². The van der Waals surface area contributed by atoms with Gasteiger partial charge in [0.1, 0.15) is 11.6 Å². The van der Waals surface area contributed by atoms with Crippen LogP contribution >= 0.6 is 11.8 Å². The number of ether oxygens (including phenoxy) is 1. The zero-order valence-corrected chi connectivity index (χ0v) is 14.0. The smallest absolute Gasteiger partial charge is 0.210 e. The number of nitrogen functional groups attached to an aromatic ring is 1. The minimum atomic E-state index is -0.380. The molecule has 0 radical (unpaired) electrons. The zero-order chi connectivity index (χ0) is 16.9. The van der Waals surface area contributed by atoms with Gasteiger partial charge in [0.05, 0.1) is 12.2 Å². The fourth-order valence-electron chi connectivity index (χ4n) is 2.26. The lowest BCUT2D eigenvalue weighted by Gasteiger charge is -2.09. The van der Waals surface area contributed by atoms with Crippen LogP contribution in [0.1, 0.15) is 12.5 Å². The summed E-state index contributed by atoms with van der Waals surface area (Å²) in [5.74, 6) is 7.42. The molecule has 24 heavy (non-hydrogen) atoms. The van der Waals surface area contributed by atoms with Crippen molar-refractivity contribution in [3.63, 3.8) is 0 Å². The molecule has 0 bridgehead atoms. The Bertz CT molecular complexity index is 837. The minimum absolute atomic E-state index is 0.300. The van der Waals surface area contributed by atoms with Gasteiger partial charge in [0, 0.05) is 11.3 Å². The first-order chi connectivity index (χ1) is 11.7. The molecule has 1 aromatic heterocycles. The van der Waals surface area contributed by atoms with E-state index in [2.05, 4.69) is 10.2 Å². The lowest BCUT2D eigenvalue weighted by atomic mass is 10.2. The van der Waals surface area contributed by atoms with Gasteiger partial charge in [-0.2, -0.15) is 0 Å². The highest BCUT2D eigenvalue weighted by Gasteiger charge is 2.15. The van der Waals surface area contributed by atoms with Crippen LogP contribution in [-0.4, -0.2) is 21.5 Å². The Labute approximate surface area is 143 Å². The average molecular weight is 344 g/mol. The molecule has 0 fully saturated rings. The topological polar surface area (TPSA) is 66.0 Å². The summed E-state index contributed by atoms with van der Waals surface area (Å²) in [5, 5.41) is 8.59. The van der Waals surface area contributed by atoms with Crippen molar-refractivity contribution in [1.29, 1.82) is 0 Å². The summed E-state index contributed by atoms with van der Waals surface area (Å²) in [5.41, 5.74) is 1.37. The summed E-state index contributed by atoms with van der Waals surface area (Å²) in [6.45, 7) is 2.55. The van der Waals surface area contributed by atoms with Crippen LogP contribution < -0.4 is 10.6 Å². The SMILES string of the molecule is CCOc1ccccc1CSc1nnc(-c2ccccc2F)n1N. The summed E-state index contributed by atoms with van der Waals surface area (Å²) in [6.07, 6.45) is 0. The Morgan fingerprint density at radius 3 is 2.67 bits per heavy atom. The second-order valence-electron chi connectivity index (χ2n) is 4.99. The lowest BCUT2D eigenvalue weighted by Crippen LogP contribution is -2.12. The van der Waals surface area contributed by atoms with Gasteiger partial charge in [-0.25, -0.2) is 9.07 Å². The third-order valence-corrected chi connectivity index (χ3v) is 4.40. The highest BCUT2D eigenvalue weighted by Crippen LogP contribution is 2.28. The van der Waals surface area contributed by atoms with Gasteiger partial charge in [-0.05, 0) is 25.1 Å². The van der Waals surface area contributed by atoms with Crippen LogP contribution in [0, 0.1) is 5.82 Å². The van der Waals surface area contributed by atoms with Crippen LogP contribution in [-0.2, 0) is 5.75 Å². The van der Waals surface area contributed by atoms with E-state index in [9.17, 15) is 4.39 Å². The number of halogens is 1. The van der Waals surface area contributed by atoms with E-state index in [4.69, 9.17) is 10.6 Å². The fourth-order valence-corrected chi connectivity index (χ4v) is 3.11. The molecule has 5 nitrogen and oxygen atoms in total. The van der Waals surface area contributed by atoms with E-state index in [0.717, 1.165) is 11.3 Å². The number of hydrogen-bond acceptors (Lipinski definition) is 5. The van der Waals surface area contributed by atoms with Gasteiger partial charge in [0.15, 0.2) is 5.82 Å². The number of hydrogen-bond donors (Lipinski definition) is 1. The normalized spacial score (nSPS) is 10.8. The molecule has 3 rings (SSSR count). The third-order valence-electron chi connectivity index (χ3n) is 3.41. The van der Waals surface area contributed by atoms with Crippen LogP contribution in [0.5, 0.6) is 5.75 Å². The Morgan fingerprint density at radius 2 is 1.88 bits per heavy atom. The summed E-state index contributed by atoms with van der Waals surface area (Å²) in [4.78, 5) is 0. The van der Waals surface area contributed by atoms with E-state index >= 15 is 0 Å². The number of nitrogens with zero attached hydrogens (tertiary/aromatic N) is 3. The van der Waals surface area contributed by atoms with Gasteiger partial charge >= 0.3 is 0 Å². The molecule has 124 valence electrons. The van der Waals surface area contributed by atoms with Crippen LogP contribution in [0.4, 0.5) is 4.39 Å².